The number of carbonyl (C=O) groups is 2. The lowest BCUT2D eigenvalue weighted by molar-refractivity contribution is -0.115. The van der Waals surface area contributed by atoms with Gasteiger partial charge in [0.2, 0.25) is 5.91 Å². The second-order valence-corrected chi connectivity index (χ2v) is 6.51. The number of thioether (sulfide) groups is 1. The van der Waals surface area contributed by atoms with Crippen molar-refractivity contribution >= 4 is 46.2 Å². The predicted molar refractivity (Wildman–Crippen MR) is 105 cm³/mol. The van der Waals surface area contributed by atoms with Crippen LogP contribution in [0, 0.1) is 0 Å². The van der Waals surface area contributed by atoms with Crippen LogP contribution >= 0.6 is 11.8 Å². The topological polar surface area (TPSA) is 79.8 Å². The Morgan fingerprint density at radius 2 is 1.85 bits per heavy atom. The van der Waals surface area contributed by atoms with E-state index >= 15 is 0 Å². The summed E-state index contributed by atoms with van der Waals surface area (Å²) in [5, 5.41) is 5.99. The largest absolute Gasteiger partial charge is 0.497 e. The highest BCUT2D eigenvalue weighted by Crippen LogP contribution is 2.28. The van der Waals surface area contributed by atoms with Gasteiger partial charge < -0.3 is 15.4 Å². The summed E-state index contributed by atoms with van der Waals surface area (Å²) >= 11 is 1.28. The Morgan fingerprint density at radius 3 is 2.46 bits per heavy atom. The van der Waals surface area contributed by atoms with Gasteiger partial charge in [0.15, 0.2) is 5.17 Å². The summed E-state index contributed by atoms with van der Waals surface area (Å²) in [7, 11) is 1.60. The molecule has 2 N–H and O–H groups in total. The van der Waals surface area contributed by atoms with Crippen molar-refractivity contribution in [3.63, 3.8) is 0 Å². The number of methoxy groups -OCH3 is 1. The number of amides is 2. The smallest absolute Gasteiger partial charge is 0.264 e. The molecule has 0 bridgehead atoms. The maximum absolute atomic E-state index is 12.1. The summed E-state index contributed by atoms with van der Waals surface area (Å²) in [6.45, 7) is 1.46. The minimum Gasteiger partial charge on any atom is -0.497 e. The van der Waals surface area contributed by atoms with Gasteiger partial charge >= 0.3 is 0 Å². The van der Waals surface area contributed by atoms with Crippen LogP contribution in [0.2, 0.25) is 0 Å². The highest BCUT2D eigenvalue weighted by atomic mass is 32.2. The molecule has 26 heavy (non-hydrogen) atoms. The van der Waals surface area contributed by atoms with E-state index in [-0.39, 0.29) is 11.8 Å². The van der Waals surface area contributed by atoms with Crippen molar-refractivity contribution in [3.05, 3.63) is 59.0 Å². The molecule has 2 aromatic rings. The SMILES string of the molecule is COc1ccc(N=C2NC(=O)C(=Cc3ccc(NC(C)=O)cc3)S2)cc1. The summed E-state index contributed by atoms with van der Waals surface area (Å²) in [6.07, 6.45) is 1.79. The minimum atomic E-state index is -0.187. The zero-order valence-corrected chi connectivity index (χ0v) is 15.1. The van der Waals surface area contributed by atoms with E-state index in [9.17, 15) is 9.59 Å². The number of nitrogens with one attached hydrogen (secondary N) is 2. The van der Waals surface area contributed by atoms with Crippen molar-refractivity contribution in [3.8, 4) is 5.75 Å². The first-order valence-electron chi connectivity index (χ1n) is 7.85. The maximum Gasteiger partial charge on any atom is 0.264 e. The van der Waals surface area contributed by atoms with Gasteiger partial charge in [0.25, 0.3) is 5.91 Å². The number of carbonyl (C=O) groups excluding carboxylic acids is 2. The fraction of sp³-hybridized carbons (Fsp3) is 0.105. The van der Waals surface area contributed by atoms with Crippen LogP contribution in [0.5, 0.6) is 5.75 Å². The van der Waals surface area contributed by atoms with Gasteiger partial charge in [-0.05, 0) is 59.8 Å². The molecule has 1 aliphatic heterocycles. The van der Waals surface area contributed by atoms with Crippen LogP contribution in [0.25, 0.3) is 6.08 Å². The third-order valence-corrected chi connectivity index (χ3v) is 4.39. The molecule has 1 saturated heterocycles. The van der Waals surface area contributed by atoms with Crippen LogP contribution in [0.1, 0.15) is 12.5 Å². The molecule has 0 saturated carbocycles. The molecular formula is C19H17N3O3S. The Morgan fingerprint density at radius 1 is 1.15 bits per heavy atom. The first-order valence-corrected chi connectivity index (χ1v) is 8.66. The van der Waals surface area contributed by atoms with E-state index in [1.165, 1.54) is 18.7 Å². The second-order valence-electron chi connectivity index (χ2n) is 5.48. The van der Waals surface area contributed by atoms with Crippen molar-refractivity contribution in [2.24, 2.45) is 4.99 Å². The quantitative estimate of drug-likeness (QED) is 0.810. The molecule has 3 rings (SSSR count). The first kappa shape index (κ1) is 17.8. The molecular weight excluding hydrogens is 350 g/mol. The number of nitrogens with zero attached hydrogens (tertiary/aromatic N) is 1. The fourth-order valence-electron chi connectivity index (χ4n) is 2.27. The Labute approximate surface area is 155 Å². The predicted octanol–water partition coefficient (Wildman–Crippen LogP) is 3.55. The lowest BCUT2D eigenvalue weighted by Crippen LogP contribution is -2.19. The van der Waals surface area contributed by atoms with Gasteiger partial charge in [0.1, 0.15) is 5.75 Å². The molecule has 0 radical (unpaired) electrons. The van der Waals surface area contributed by atoms with Gasteiger partial charge in [-0.1, -0.05) is 12.1 Å². The molecule has 2 aromatic carbocycles. The summed E-state index contributed by atoms with van der Waals surface area (Å²) in [5.74, 6) is 0.440. The zero-order valence-electron chi connectivity index (χ0n) is 14.3. The number of benzene rings is 2. The summed E-state index contributed by atoms with van der Waals surface area (Å²) < 4.78 is 5.11. The molecule has 0 unspecified atom stereocenters. The Balaban J connectivity index is 1.73. The van der Waals surface area contributed by atoms with Crippen LogP contribution in [-0.2, 0) is 9.59 Å². The van der Waals surface area contributed by atoms with E-state index in [1.54, 1.807) is 25.3 Å². The number of hydrogen-bond donors (Lipinski definition) is 2. The van der Waals surface area contributed by atoms with Crippen molar-refractivity contribution in [1.29, 1.82) is 0 Å². The highest BCUT2D eigenvalue weighted by Gasteiger charge is 2.23. The molecule has 6 nitrogen and oxygen atoms in total. The van der Waals surface area contributed by atoms with E-state index in [4.69, 9.17) is 4.74 Å². The molecule has 7 heteroatoms. The standard InChI is InChI=1S/C19H17N3O3S/c1-12(23)20-14-5-3-13(4-6-14)11-17-18(24)22-19(26-17)21-15-7-9-16(25-2)10-8-15/h3-11H,1-2H3,(H,20,23)(H,21,22,24). The van der Waals surface area contributed by atoms with Crippen LogP contribution in [-0.4, -0.2) is 24.1 Å². The third kappa shape index (κ3) is 4.52. The minimum absolute atomic E-state index is 0.124. The normalized spacial score (nSPS) is 16.6. The molecule has 132 valence electrons. The van der Waals surface area contributed by atoms with E-state index < -0.39 is 0 Å². The summed E-state index contributed by atoms with van der Waals surface area (Å²) in [5.41, 5.74) is 2.31. The Bertz CT molecular complexity index is 887. The number of anilines is 1. The molecule has 2 amide bonds. The van der Waals surface area contributed by atoms with Crippen LogP contribution in [0.3, 0.4) is 0 Å². The highest BCUT2D eigenvalue weighted by molar-refractivity contribution is 8.18. The van der Waals surface area contributed by atoms with Gasteiger partial charge in [0, 0.05) is 12.6 Å². The first-order chi connectivity index (χ1) is 12.5. The van der Waals surface area contributed by atoms with Gasteiger partial charge in [0.05, 0.1) is 17.7 Å². The average Bonchev–Trinajstić information content (AvgIpc) is 2.96. The molecule has 0 spiro atoms. The van der Waals surface area contributed by atoms with E-state index in [1.807, 2.05) is 36.4 Å². The van der Waals surface area contributed by atoms with Crippen LogP contribution < -0.4 is 15.4 Å². The fourth-order valence-corrected chi connectivity index (χ4v) is 3.11. The Kier molecular flexibility index (Phi) is 5.38. The Hall–Kier alpha value is -3.06. The monoisotopic (exact) mass is 367 g/mol. The van der Waals surface area contributed by atoms with Gasteiger partial charge in [-0.25, -0.2) is 4.99 Å². The summed E-state index contributed by atoms with van der Waals surface area (Å²) in [6, 6.07) is 14.5. The molecule has 0 aliphatic carbocycles. The van der Waals surface area contributed by atoms with E-state index in [0.29, 0.717) is 15.8 Å². The van der Waals surface area contributed by atoms with Gasteiger partial charge in [-0.3, -0.25) is 9.59 Å². The van der Waals surface area contributed by atoms with Crippen molar-refractivity contribution in [2.45, 2.75) is 6.92 Å². The van der Waals surface area contributed by atoms with Gasteiger partial charge in [-0.15, -0.1) is 0 Å². The third-order valence-electron chi connectivity index (χ3n) is 3.48. The lowest BCUT2D eigenvalue weighted by Gasteiger charge is -2.02. The number of rotatable bonds is 4. The molecule has 0 atom stereocenters. The van der Waals surface area contributed by atoms with E-state index in [2.05, 4.69) is 15.6 Å². The molecule has 1 aliphatic rings. The van der Waals surface area contributed by atoms with Crippen LogP contribution in [0.4, 0.5) is 11.4 Å². The second kappa shape index (κ2) is 7.88. The number of aliphatic imine (C=N–C) groups is 1. The van der Waals surface area contributed by atoms with Crippen molar-refractivity contribution in [1.82, 2.24) is 5.32 Å². The number of hydrogen-bond acceptors (Lipinski definition) is 5. The molecule has 1 fully saturated rings. The summed E-state index contributed by atoms with van der Waals surface area (Å²) in [4.78, 5) is 28.2. The van der Waals surface area contributed by atoms with Crippen molar-refractivity contribution < 1.29 is 14.3 Å². The molecule has 1 heterocycles. The molecule has 0 aromatic heterocycles. The van der Waals surface area contributed by atoms with E-state index in [0.717, 1.165) is 17.0 Å². The van der Waals surface area contributed by atoms with Crippen molar-refractivity contribution in [2.75, 3.05) is 12.4 Å². The lowest BCUT2D eigenvalue weighted by atomic mass is 10.2. The number of ether oxygens (including phenoxy) is 1. The maximum atomic E-state index is 12.1. The zero-order chi connectivity index (χ0) is 18.5. The number of amidine groups is 1. The van der Waals surface area contributed by atoms with Gasteiger partial charge in [-0.2, -0.15) is 0 Å². The average molecular weight is 367 g/mol. The van der Waals surface area contributed by atoms with Crippen LogP contribution in [0.15, 0.2) is 58.4 Å².